The van der Waals surface area contributed by atoms with Crippen molar-refractivity contribution >= 4 is 5.97 Å². The second-order valence-electron chi connectivity index (χ2n) is 4.58. The third kappa shape index (κ3) is 2.98. The van der Waals surface area contributed by atoms with Crippen molar-refractivity contribution in [3.63, 3.8) is 0 Å². The van der Waals surface area contributed by atoms with Crippen LogP contribution in [0.1, 0.15) is 40.0 Å². The zero-order valence-electron chi connectivity index (χ0n) is 9.29. The first kappa shape index (κ1) is 11.5. The van der Waals surface area contributed by atoms with Crippen LogP contribution in [0.3, 0.4) is 0 Å². The lowest BCUT2D eigenvalue weighted by Crippen LogP contribution is -2.46. The molecule has 0 aromatic rings. The summed E-state index contributed by atoms with van der Waals surface area (Å²) < 4.78 is 0. The van der Waals surface area contributed by atoms with Gasteiger partial charge in [0.15, 0.2) is 0 Å². The maximum atomic E-state index is 11.0. The predicted octanol–water partition coefficient (Wildman–Crippen LogP) is 1.87. The molecule has 1 fully saturated rings. The molecular formula is C11H21NO2. The minimum absolute atomic E-state index is 0.317. The topological polar surface area (TPSA) is 49.3 Å². The molecule has 1 saturated carbocycles. The summed E-state index contributed by atoms with van der Waals surface area (Å²) in [5, 5.41) is 12.3. The Kier molecular flexibility index (Phi) is 3.93. The molecule has 0 aliphatic heterocycles. The van der Waals surface area contributed by atoms with Gasteiger partial charge in [0.1, 0.15) is 6.04 Å². The highest BCUT2D eigenvalue weighted by Gasteiger charge is 2.37. The summed E-state index contributed by atoms with van der Waals surface area (Å²) in [6.45, 7) is 6.36. The van der Waals surface area contributed by atoms with E-state index >= 15 is 0 Å². The van der Waals surface area contributed by atoms with Gasteiger partial charge in [-0.2, -0.15) is 0 Å². The molecule has 1 aliphatic carbocycles. The molecule has 0 amide bonds. The number of hydrogen-bond acceptors (Lipinski definition) is 2. The molecule has 0 bridgehead atoms. The second-order valence-corrected chi connectivity index (χ2v) is 4.58. The van der Waals surface area contributed by atoms with Crippen molar-refractivity contribution in [1.29, 1.82) is 0 Å². The van der Waals surface area contributed by atoms with Crippen LogP contribution >= 0.6 is 0 Å². The Hall–Kier alpha value is -0.570. The van der Waals surface area contributed by atoms with E-state index in [9.17, 15) is 4.79 Å². The lowest BCUT2D eigenvalue weighted by atomic mass is 10.00. The highest BCUT2D eigenvalue weighted by Crippen LogP contribution is 2.33. The van der Waals surface area contributed by atoms with Crippen LogP contribution in [0.15, 0.2) is 0 Å². The molecule has 1 rings (SSSR count). The van der Waals surface area contributed by atoms with Crippen LogP contribution in [0.4, 0.5) is 0 Å². The summed E-state index contributed by atoms with van der Waals surface area (Å²) >= 11 is 0. The lowest BCUT2D eigenvalue weighted by Gasteiger charge is -2.25. The molecule has 2 unspecified atom stereocenters. The van der Waals surface area contributed by atoms with E-state index in [1.165, 1.54) is 0 Å². The summed E-state index contributed by atoms with van der Waals surface area (Å²) in [5.74, 6) is 0.187. The van der Waals surface area contributed by atoms with Crippen LogP contribution in [0, 0.1) is 11.8 Å². The number of aliphatic carboxylic acids is 1. The first-order valence-electron chi connectivity index (χ1n) is 5.55. The summed E-state index contributed by atoms with van der Waals surface area (Å²) in [4.78, 5) is 11.0. The SMILES string of the molecule is CCC(NC(C(=O)O)C1CC1)C(C)C. The molecule has 0 radical (unpaired) electrons. The van der Waals surface area contributed by atoms with Gasteiger partial charge in [-0.05, 0) is 31.1 Å². The van der Waals surface area contributed by atoms with Crippen molar-refractivity contribution in [2.24, 2.45) is 11.8 Å². The number of hydrogen-bond donors (Lipinski definition) is 2. The molecule has 0 aromatic heterocycles. The van der Waals surface area contributed by atoms with Crippen LogP contribution in [-0.4, -0.2) is 23.2 Å². The molecular weight excluding hydrogens is 178 g/mol. The predicted molar refractivity (Wildman–Crippen MR) is 56.2 cm³/mol. The van der Waals surface area contributed by atoms with Gasteiger partial charge in [-0.3, -0.25) is 4.79 Å². The highest BCUT2D eigenvalue weighted by molar-refractivity contribution is 5.74. The van der Waals surface area contributed by atoms with Gasteiger partial charge in [-0.15, -0.1) is 0 Å². The van der Waals surface area contributed by atoms with Crippen molar-refractivity contribution in [3.8, 4) is 0 Å². The molecule has 14 heavy (non-hydrogen) atoms. The van der Waals surface area contributed by atoms with Gasteiger partial charge in [0.25, 0.3) is 0 Å². The Labute approximate surface area is 85.9 Å². The Morgan fingerprint density at radius 3 is 2.36 bits per heavy atom. The number of nitrogens with one attached hydrogen (secondary N) is 1. The van der Waals surface area contributed by atoms with Crippen LogP contribution in [-0.2, 0) is 4.79 Å². The standard InChI is InChI=1S/C11H21NO2/c1-4-9(7(2)3)12-10(11(13)14)8-5-6-8/h7-10,12H,4-6H2,1-3H3,(H,13,14). The Bertz CT molecular complexity index is 199. The number of carboxylic acids is 1. The molecule has 2 atom stereocenters. The second kappa shape index (κ2) is 4.78. The molecule has 1 aliphatic rings. The first-order chi connectivity index (χ1) is 6.56. The average Bonchev–Trinajstić information content (AvgIpc) is 2.88. The van der Waals surface area contributed by atoms with E-state index in [0.717, 1.165) is 19.3 Å². The van der Waals surface area contributed by atoms with E-state index in [1.54, 1.807) is 0 Å². The fourth-order valence-corrected chi connectivity index (χ4v) is 1.85. The van der Waals surface area contributed by atoms with E-state index in [1.807, 2.05) is 0 Å². The van der Waals surface area contributed by atoms with Crippen molar-refractivity contribution in [2.45, 2.75) is 52.1 Å². The highest BCUT2D eigenvalue weighted by atomic mass is 16.4. The third-order valence-electron chi connectivity index (χ3n) is 3.00. The number of carbonyl (C=O) groups is 1. The molecule has 82 valence electrons. The first-order valence-corrected chi connectivity index (χ1v) is 5.55. The van der Waals surface area contributed by atoms with Crippen LogP contribution in [0.2, 0.25) is 0 Å². The Morgan fingerprint density at radius 1 is 1.50 bits per heavy atom. The fourth-order valence-electron chi connectivity index (χ4n) is 1.85. The molecule has 0 spiro atoms. The molecule has 3 heteroatoms. The summed E-state index contributed by atoms with van der Waals surface area (Å²) in [5.41, 5.74) is 0. The van der Waals surface area contributed by atoms with Crippen molar-refractivity contribution in [1.82, 2.24) is 5.32 Å². The molecule has 0 heterocycles. The van der Waals surface area contributed by atoms with E-state index < -0.39 is 5.97 Å². The van der Waals surface area contributed by atoms with Gasteiger partial charge in [0.2, 0.25) is 0 Å². The molecule has 3 nitrogen and oxygen atoms in total. The molecule has 0 saturated heterocycles. The van der Waals surface area contributed by atoms with Crippen LogP contribution < -0.4 is 5.32 Å². The van der Waals surface area contributed by atoms with E-state index in [4.69, 9.17) is 5.11 Å². The fraction of sp³-hybridized carbons (Fsp3) is 0.909. The maximum absolute atomic E-state index is 11.0. The van der Waals surface area contributed by atoms with E-state index in [2.05, 4.69) is 26.1 Å². The van der Waals surface area contributed by atoms with E-state index in [-0.39, 0.29) is 6.04 Å². The summed E-state index contributed by atoms with van der Waals surface area (Å²) in [7, 11) is 0. The normalized spacial score (nSPS) is 20.9. The number of rotatable bonds is 6. The average molecular weight is 199 g/mol. The van der Waals surface area contributed by atoms with Crippen molar-refractivity contribution in [2.75, 3.05) is 0 Å². The Morgan fingerprint density at radius 2 is 2.07 bits per heavy atom. The zero-order chi connectivity index (χ0) is 10.7. The van der Waals surface area contributed by atoms with Gasteiger partial charge >= 0.3 is 5.97 Å². The van der Waals surface area contributed by atoms with Crippen LogP contribution in [0.25, 0.3) is 0 Å². The van der Waals surface area contributed by atoms with Gasteiger partial charge in [-0.1, -0.05) is 20.8 Å². The summed E-state index contributed by atoms with van der Waals surface area (Å²) in [6, 6.07) is 0.0130. The zero-order valence-corrected chi connectivity index (χ0v) is 9.29. The van der Waals surface area contributed by atoms with Crippen molar-refractivity contribution < 1.29 is 9.90 Å². The maximum Gasteiger partial charge on any atom is 0.320 e. The van der Waals surface area contributed by atoms with E-state index in [0.29, 0.717) is 17.9 Å². The summed E-state index contributed by atoms with van der Waals surface area (Å²) in [6.07, 6.45) is 3.13. The molecule has 0 aromatic carbocycles. The monoisotopic (exact) mass is 199 g/mol. The van der Waals surface area contributed by atoms with Gasteiger partial charge < -0.3 is 10.4 Å². The number of carboxylic acid groups (broad SMARTS) is 1. The van der Waals surface area contributed by atoms with Crippen LogP contribution in [0.5, 0.6) is 0 Å². The quantitative estimate of drug-likeness (QED) is 0.686. The lowest BCUT2D eigenvalue weighted by molar-refractivity contribution is -0.140. The smallest absolute Gasteiger partial charge is 0.320 e. The third-order valence-corrected chi connectivity index (χ3v) is 3.00. The van der Waals surface area contributed by atoms with Gasteiger partial charge in [0, 0.05) is 6.04 Å². The van der Waals surface area contributed by atoms with Gasteiger partial charge in [-0.25, -0.2) is 0 Å². The minimum atomic E-state index is -0.688. The van der Waals surface area contributed by atoms with Crippen molar-refractivity contribution in [3.05, 3.63) is 0 Å². The minimum Gasteiger partial charge on any atom is -0.480 e. The molecule has 2 N–H and O–H groups in total. The largest absolute Gasteiger partial charge is 0.480 e. The Balaban J connectivity index is 2.48. The van der Waals surface area contributed by atoms with Gasteiger partial charge in [0.05, 0.1) is 0 Å².